The van der Waals surface area contributed by atoms with Gasteiger partial charge in [-0.3, -0.25) is 19.2 Å². The first-order valence-electron chi connectivity index (χ1n) is 15.1. The van der Waals surface area contributed by atoms with Crippen LogP contribution < -0.4 is 0 Å². The number of esters is 4. The zero-order chi connectivity index (χ0) is 32.6. The minimum absolute atomic E-state index is 0.108. The molecule has 5 rings (SSSR count). The number of carbonyl (C=O) groups excluding carboxylic acids is 5. The van der Waals surface area contributed by atoms with Crippen molar-refractivity contribution in [3.63, 3.8) is 0 Å². The molecule has 0 bridgehead atoms. The third-order valence-electron chi connectivity index (χ3n) is 10.9. The Balaban J connectivity index is 1.84. The van der Waals surface area contributed by atoms with E-state index in [0.717, 1.165) is 0 Å². The molecule has 2 N–H and O–H groups in total. The first kappa shape index (κ1) is 32.1. The number of aliphatic hydroxyl groups is 2. The summed E-state index contributed by atoms with van der Waals surface area (Å²) in [5, 5.41) is 24.9. The molecule has 4 fully saturated rings. The van der Waals surface area contributed by atoms with E-state index in [4.69, 9.17) is 18.9 Å². The number of rotatable bonds is 6. The maximum Gasteiger partial charge on any atom is 0.338 e. The predicted molar refractivity (Wildman–Crippen MR) is 153 cm³/mol. The zero-order valence-electron chi connectivity index (χ0n) is 26.2. The number of fused-ring (bicyclic) bond motifs is 4. The lowest BCUT2D eigenvalue weighted by Gasteiger charge is -2.54. The average Bonchev–Trinajstić information content (AvgIpc) is 3.37. The number of hydrogen-bond acceptors (Lipinski definition) is 11. The van der Waals surface area contributed by atoms with E-state index in [0.29, 0.717) is 0 Å². The first-order chi connectivity index (χ1) is 20.4. The van der Waals surface area contributed by atoms with Crippen molar-refractivity contribution in [2.45, 2.75) is 90.8 Å². The fraction of sp³-hybridized carbons (Fsp3) is 0.667. The molecule has 240 valence electrons. The van der Waals surface area contributed by atoms with Gasteiger partial charge in [0.2, 0.25) is 0 Å². The molecule has 0 saturated heterocycles. The number of ketones is 1. The summed E-state index contributed by atoms with van der Waals surface area (Å²) in [5.41, 5.74) is -6.60. The number of hydrogen-bond donors (Lipinski definition) is 2. The van der Waals surface area contributed by atoms with Crippen LogP contribution in [0.3, 0.4) is 0 Å². The van der Waals surface area contributed by atoms with E-state index in [1.807, 2.05) is 13.8 Å². The van der Waals surface area contributed by atoms with Crippen LogP contribution in [-0.2, 0) is 38.1 Å². The van der Waals surface area contributed by atoms with Crippen LogP contribution in [0.25, 0.3) is 0 Å². The van der Waals surface area contributed by atoms with Gasteiger partial charge in [0.25, 0.3) is 0 Å². The van der Waals surface area contributed by atoms with Crippen molar-refractivity contribution in [2.75, 3.05) is 6.61 Å². The van der Waals surface area contributed by atoms with Crippen LogP contribution in [-0.4, -0.2) is 76.0 Å². The molecule has 0 spiro atoms. The Bertz CT molecular complexity index is 1370. The quantitative estimate of drug-likeness (QED) is 0.358. The summed E-state index contributed by atoms with van der Waals surface area (Å²) in [6.07, 6.45) is -3.70. The molecule has 4 saturated carbocycles. The third kappa shape index (κ3) is 4.74. The monoisotopic (exact) mass is 614 g/mol. The van der Waals surface area contributed by atoms with Crippen LogP contribution in [0.1, 0.15) is 71.7 Å². The van der Waals surface area contributed by atoms with E-state index in [1.54, 1.807) is 25.1 Å². The molecule has 4 aliphatic carbocycles. The number of carbonyl (C=O) groups is 5. The van der Waals surface area contributed by atoms with Crippen molar-refractivity contribution in [1.82, 2.24) is 0 Å². The Hall–Kier alpha value is -3.31. The molecule has 0 aromatic heterocycles. The van der Waals surface area contributed by atoms with Gasteiger partial charge in [-0.25, -0.2) is 4.79 Å². The maximum absolute atomic E-state index is 14.6. The first-order valence-corrected chi connectivity index (χ1v) is 15.1. The number of benzene rings is 1. The Morgan fingerprint density at radius 1 is 0.886 bits per heavy atom. The molecule has 4 aliphatic rings. The van der Waals surface area contributed by atoms with Gasteiger partial charge >= 0.3 is 23.9 Å². The molecule has 44 heavy (non-hydrogen) atoms. The normalized spacial score (nSPS) is 41.6. The average molecular weight is 615 g/mol. The summed E-state index contributed by atoms with van der Waals surface area (Å²) in [4.78, 5) is 66.0. The second-order valence-corrected chi connectivity index (χ2v) is 14.0. The summed E-state index contributed by atoms with van der Waals surface area (Å²) in [5.74, 6) is -7.33. The Morgan fingerprint density at radius 2 is 1.50 bits per heavy atom. The fourth-order valence-electron chi connectivity index (χ4n) is 9.24. The molecule has 1 aromatic rings. The van der Waals surface area contributed by atoms with Gasteiger partial charge < -0.3 is 29.2 Å². The van der Waals surface area contributed by atoms with Crippen LogP contribution in [0.4, 0.5) is 0 Å². The van der Waals surface area contributed by atoms with Crippen LogP contribution in [0, 0.1) is 40.4 Å². The number of ether oxygens (including phenoxy) is 4. The van der Waals surface area contributed by atoms with E-state index in [1.165, 1.54) is 39.8 Å². The van der Waals surface area contributed by atoms with Crippen molar-refractivity contribution in [3.8, 4) is 0 Å². The van der Waals surface area contributed by atoms with E-state index >= 15 is 0 Å². The van der Waals surface area contributed by atoms with E-state index < -0.39 is 94.4 Å². The molecular weight excluding hydrogens is 572 g/mol. The highest BCUT2D eigenvalue weighted by atomic mass is 16.6. The van der Waals surface area contributed by atoms with Crippen molar-refractivity contribution in [2.24, 2.45) is 40.4 Å². The van der Waals surface area contributed by atoms with Crippen molar-refractivity contribution >= 4 is 29.7 Å². The minimum atomic E-state index is -2.32. The molecule has 0 unspecified atom stereocenters. The Kier molecular flexibility index (Phi) is 7.77. The van der Waals surface area contributed by atoms with Crippen molar-refractivity contribution < 1.29 is 53.1 Å². The van der Waals surface area contributed by atoms with Gasteiger partial charge in [-0.15, -0.1) is 0 Å². The topological polar surface area (TPSA) is 163 Å². The maximum atomic E-state index is 14.6. The molecule has 11 atom stereocenters. The van der Waals surface area contributed by atoms with Gasteiger partial charge in [0, 0.05) is 26.7 Å². The van der Waals surface area contributed by atoms with Gasteiger partial charge in [0.1, 0.15) is 36.1 Å². The van der Waals surface area contributed by atoms with E-state index in [-0.39, 0.29) is 30.2 Å². The number of Topliss-reactive ketones (excluding diaryl/α,β-unsaturated/α-hetero) is 1. The summed E-state index contributed by atoms with van der Waals surface area (Å²) in [6, 6.07) is 8.08. The van der Waals surface area contributed by atoms with Crippen molar-refractivity contribution in [3.05, 3.63) is 35.9 Å². The lowest BCUT2D eigenvalue weighted by atomic mass is 9.55. The lowest BCUT2D eigenvalue weighted by Crippen LogP contribution is -2.65. The Morgan fingerprint density at radius 3 is 2.07 bits per heavy atom. The molecular formula is C33H42O11. The summed E-state index contributed by atoms with van der Waals surface area (Å²) in [6.45, 7) is 10.1. The largest absolute Gasteiger partial charge is 0.465 e. The van der Waals surface area contributed by atoms with Crippen LogP contribution in [0.2, 0.25) is 0 Å². The highest BCUT2D eigenvalue weighted by Gasteiger charge is 2.83. The van der Waals surface area contributed by atoms with Crippen LogP contribution in [0.5, 0.6) is 0 Å². The second kappa shape index (κ2) is 10.7. The summed E-state index contributed by atoms with van der Waals surface area (Å²) < 4.78 is 23.8. The van der Waals surface area contributed by atoms with Crippen LogP contribution in [0.15, 0.2) is 30.3 Å². The molecule has 0 radical (unpaired) electrons. The SMILES string of the molecule is CC(=O)OC[C@]12[C@H](OC(=O)c3ccccc3)[C@H]3[C@@H](OC(C)=O)[C@@H](C)C[C@]3(O)C(=O)[C@@](C)(O)[C@@H]1[C@@H]1[C@H](C[C@H]2OC(C)=O)C1(C)C. The standard InChI is InChI=1S/C33H42O11/c1-16-14-33(40)24(25(16)43-19(4)36)27(44-28(37)20-11-9-8-10-12-20)32(15-41-17(2)34)22(42-18(3)35)13-21-23(30(21,5)6)26(32)31(7,39)29(33)38/h8-12,16,21-27,39-40H,13-15H2,1-7H3/t16-,21-,22+,23-,24+,25-,26-,27+,31-,32+,33+/m0/s1. The van der Waals surface area contributed by atoms with Gasteiger partial charge in [-0.1, -0.05) is 39.0 Å². The highest BCUT2D eigenvalue weighted by molar-refractivity contribution is 5.96. The van der Waals surface area contributed by atoms with E-state index in [2.05, 4.69) is 0 Å². The summed E-state index contributed by atoms with van der Waals surface area (Å²) >= 11 is 0. The minimum Gasteiger partial charge on any atom is -0.465 e. The van der Waals surface area contributed by atoms with Gasteiger partial charge in [-0.05, 0) is 55.1 Å². The zero-order valence-corrected chi connectivity index (χ0v) is 26.2. The van der Waals surface area contributed by atoms with E-state index in [9.17, 15) is 34.2 Å². The van der Waals surface area contributed by atoms with Gasteiger partial charge in [-0.2, -0.15) is 0 Å². The molecule has 11 nitrogen and oxygen atoms in total. The Labute approximate surface area is 256 Å². The molecule has 0 heterocycles. The predicted octanol–water partition coefficient (Wildman–Crippen LogP) is 2.64. The molecule has 0 aliphatic heterocycles. The van der Waals surface area contributed by atoms with Gasteiger partial charge in [0.05, 0.1) is 16.9 Å². The third-order valence-corrected chi connectivity index (χ3v) is 10.9. The molecule has 0 amide bonds. The highest BCUT2D eigenvalue weighted by Crippen LogP contribution is 2.75. The fourth-order valence-corrected chi connectivity index (χ4v) is 9.24. The summed E-state index contributed by atoms with van der Waals surface area (Å²) in [7, 11) is 0. The molecule has 1 aromatic carbocycles. The smallest absolute Gasteiger partial charge is 0.338 e. The van der Waals surface area contributed by atoms with Crippen LogP contribution >= 0.6 is 0 Å². The van der Waals surface area contributed by atoms with Gasteiger partial charge in [0.15, 0.2) is 5.78 Å². The lowest BCUT2D eigenvalue weighted by molar-refractivity contribution is -0.227. The van der Waals surface area contributed by atoms with Crippen molar-refractivity contribution in [1.29, 1.82) is 0 Å². The molecule has 11 heteroatoms. The second-order valence-electron chi connectivity index (χ2n) is 14.0.